The van der Waals surface area contributed by atoms with E-state index < -0.39 is 0 Å². The van der Waals surface area contributed by atoms with Crippen LogP contribution in [0.5, 0.6) is 0 Å². The highest BCUT2D eigenvalue weighted by molar-refractivity contribution is 9.09. The smallest absolute Gasteiger partial charge is 0.224 e. The Morgan fingerprint density at radius 1 is 1.56 bits per heavy atom. The number of amides is 1. The van der Waals surface area contributed by atoms with Crippen LogP contribution in [-0.2, 0) is 16.0 Å². The Bertz CT molecular complexity index is 387. The molecule has 0 aliphatic carbocycles. The number of carbonyl (C=O) groups is 1. The molecule has 0 aliphatic rings. The third kappa shape index (κ3) is 6.12. The van der Waals surface area contributed by atoms with Crippen molar-refractivity contribution in [1.29, 1.82) is 0 Å². The molecule has 1 rings (SSSR count). The minimum Gasteiger partial charge on any atom is -0.384 e. The molecule has 0 heterocycles. The van der Waals surface area contributed by atoms with Crippen molar-refractivity contribution in [3.8, 4) is 0 Å². The molecule has 0 saturated heterocycles. The molecule has 0 fully saturated rings. The molecule has 0 aromatic heterocycles. The molecule has 1 atom stereocenters. The number of alkyl halides is 1. The van der Waals surface area contributed by atoms with Crippen LogP contribution < -0.4 is 5.32 Å². The van der Waals surface area contributed by atoms with Crippen molar-refractivity contribution in [3.63, 3.8) is 0 Å². The van der Waals surface area contributed by atoms with Crippen molar-refractivity contribution in [2.45, 2.75) is 17.7 Å². The van der Waals surface area contributed by atoms with E-state index in [4.69, 9.17) is 4.74 Å². The van der Waals surface area contributed by atoms with Gasteiger partial charge >= 0.3 is 0 Å². The maximum absolute atomic E-state index is 12.9. The van der Waals surface area contributed by atoms with Crippen molar-refractivity contribution in [1.82, 2.24) is 5.32 Å². The summed E-state index contributed by atoms with van der Waals surface area (Å²) in [6.07, 6.45) is 0.998. The molecule has 18 heavy (non-hydrogen) atoms. The number of methoxy groups -OCH3 is 1. The highest BCUT2D eigenvalue weighted by Crippen LogP contribution is 2.05. The first-order valence-corrected chi connectivity index (χ1v) is 6.67. The van der Waals surface area contributed by atoms with Crippen LogP contribution in [0.1, 0.15) is 12.0 Å². The van der Waals surface area contributed by atoms with E-state index in [0.29, 0.717) is 18.7 Å². The molecule has 1 N–H and O–H groups in total. The molecular weight excluding hydrogens is 301 g/mol. The molecule has 5 heteroatoms. The zero-order valence-electron chi connectivity index (χ0n) is 10.3. The number of ether oxygens (including phenoxy) is 1. The summed E-state index contributed by atoms with van der Waals surface area (Å²) in [5.41, 5.74) is 0.680. The lowest BCUT2D eigenvalue weighted by atomic mass is 10.1. The van der Waals surface area contributed by atoms with E-state index in [1.54, 1.807) is 19.2 Å². The van der Waals surface area contributed by atoms with E-state index in [-0.39, 0.29) is 23.0 Å². The lowest BCUT2D eigenvalue weighted by molar-refractivity contribution is -0.120. The van der Waals surface area contributed by atoms with Gasteiger partial charge in [0.25, 0.3) is 0 Å². The summed E-state index contributed by atoms with van der Waals surface area (Å²) in [7, 11) is 1.64. The first-order valence-electron chi connectivity index (χ1n) is 5.76. The topological polar surface area (TPSA) is 38.3 Å². The molecule has 0 radical (unpaired) electrons. The lowest BCUT2D eigenvalue weighted by Gasteiger charge is -2.09. The SMILES string of the molecule is COCC(Br)CCNC(=O)Cc1cccc(F)c1. The second kappa shape index (κ2) is 8.21. The minimum atomic E-state index is -0.319. The minimum absolute atomic E-state index is 0.0993. The Hall–Kier alpha value is -0.940. The molecular formula is C13H17BrFNO2. The van der Waals surface area contributed by atoms with Crippen molar-refractivity contribution >= 4 is 21.8 Å². The highest BCUT2D eigenvalue weighted by Gasteiger charge is 2.06. The van der Waals surface area contributed by atoms with E-state index in [0.717, 1.165) is 6.42 Å². The van der Waals surface area contributed by atoms with Gasteiger partial charge in [-0.15, -0.1) is 0 Å². The number of carbonyl (C=O) groups excluding carboxylic acids is 1. The first-order chi connectivity index (χ1) is 8.61. The number of nitrogens with one attached hydrogen (secondary N) is 1. The van der Waals surface area contributed by atoms with E-state index in [1.165, 1.54) is 12.1 Å². The Kier molecular flexibility index (Phi) is 6.90. The molecule has 1 aromatic carbocycles. The number of benzene rings is 1. The van der Waals surface area contributed by atoms with Crippen molar-refractivity contribution in [2.24, 2.45) is 0 Å². The van der Waals surface area contributed by atoms with Crippen LogP contribution in [-0.4, -0.2) is 31.0 Å². The number of hydrogen-bond acceptors (Lipinski definition) is 2. The van der Waals surface area contributed by atoms with Crippen molar-refractivity contribution in [2.75, 3.05) is 20.3 Å². The van der Waals surface area contributed by atoms with Crippen LogP contribution >= 0.6 is 15.9 Å². The third-order valence-corrected chi connectivity index (χ3v) is 3.10. The van der Waals surface area contributed by atoms with Gasteiger partial charge in [-0.25, -0.2) is 4.39 Å². The number of hydrogen-bond donors (Lipinski definition) is 1. The maximum Gasteiger partial charge on any atom is 0.224 e. The summed E-state index contributed by atoms with van der Waals surface area (Å²) in [6, 6.07) is 6.07. The first kappa shape index (κ1) is 15.1. The molecule has 3 nitrogen and oxygen atoms in total. The zero-order valence-corrected chi connectivity index (χ0v) is 11.9. The Labute approximate surface area is 115 Å². The fourth-order valence-electron chi connectivity index (χ4n) is 1.53. The number of halogens is 2. The van der Waals surface area contributed by atoms with Crippen molar-refractivity contribution < 1.29 is 13.9 Å². The van der Waals surface area contributed by atoms with Crippen LogP contribution in [0.2, 0.25) is 0 Å². The fourth-order valence-corrected chi connectivity index (χ4v) is 2.02. The van der Waals surface area contributed by atoms with E-state index in [1.807, 2.05) is 0 Å². The average molecular weight is 318 g/mol. The van der Waals surface area contributed by atoms with Gasteiger partial charge in [-0.2, -0.15) is 0 Å². The largest absolute Gasteiger partial charge is 0.384 e. The second-order valence-corrected chi connectivity index (χ2v) is 5.29. The summed E-state index contributed by atoms with van der Waals surface area (Å²) in [6.45, 7) is 1.19. The predicted octanol–water partition coefficient (Wildman–Crippen LogP) is 2.28. The molecule has 0 spiro atoms. The molecule has 100 valence electrons. The van der Waals surface area contributed by atoms with Gasteiger partial charge in [0, 0.05) is 18.5 Å². The molecule has 1 unspecified atom stereocenters. The van der Waals surface area contributed by atoms with Crippen LogP contribution in [0.3, 0.4) is 0 Å². The van der Waals surface area contributed by atoms with Crippen LogP contribution in [0, 0.1) is 5.82 Å². The Morgan fingerprint density at radius 2 is 2.33 bits per heavy atom. The van der Waals surface area contributed by atoms with Gasteiger partial charge in [0.2, 0.25) is 5.91 Å². The highest BCUT2D eigenvalue weighted by atomic mass is 79.9. The van der Waals surface area contributed by atoms with E-state index in [2.05, 4.69) is 21.2 Å². The van der Waals surface area contributed by atoms with Crippen LogP contribution in [0.25, 0.3) is 0 Å². The molecule has 0 aliphatic heterocycles. The second-order valence-electron chi connectivity index (χ2n) is 4.00. The van der Waals surface area contributed by atoms with Crippen LogP contribution in [0.4, 0.5) is 4.39 Å². The summed E-state index contributed by atoms with van der Waals surface area (Å²) < 4.78 is 17.9. The maximum atomic E-state index is 12.9. The standard InChI is InChI=1S/C13H17BrFNO2/c1-18-9-11(14)5-6-16-13(17)8-10-3-2-4-12(15)7-10/h2-4,7,11H,5-6,8-9H2,1H3,(H,16,17). The lowest BCUT2D eigenvalue weighted by Crippen LogP contribution is -2.28. The predicted molar refractivity (Wildman–Crippen MR) is 72.3 cm³/mol. The van der Waals surface area contributed by atoms with Crippen LogP contribution in [0.15, 0.2) is 24.3 Å². The summed E-state index contributed by atoms with van der Waals surface area (Å²) in [4.78, 5) is 11.8. The zero-order chi connectivity index (χ0) is 13.4. The number of rotatable bonds is 7. The molecule has 1 aromatic rings. The quantitative estimate of drug-likeness (QED) is 0.784. The van der Waals surface area contributed by atoms with Crippen molar-refractivity contribution in [3.05, 3.63) is 35.6 Å². The van der Waals surface area contributed by atoms with Gasteiger partial charge in [-0.1, -0.05) is 28.1 Å². The Morgan fingerprint density at radius 3 is 3.00 bits per heavy atom. The van der Waals surface area contributed by atoms with Gasteiger partial charge in [0.15, 0.2) is 0 Å². The third-order valence-electron chi connectivity index (χ3n) is 2.38. The average Bonchev–Trinajstić information content (AvgIpc) is 2.29. The molecule has 0 saturated carbocycles. The monoisotopic (exact) mass is 317 g/mol. The molecule has 1 amide bonds. The van der Waals surface area contributed by atoms with Gasteiger partial charge in [0.05, 0.1) is 13.0 Å². The summed E-state index contributed by atoms with van der Waals surface area (Å²) in [5.74, 6) is -0.418. The van der Waals surface area contributed by atoms with Gasteiger partial charge in [-0.3, -0.25) is 4.79 Å². The summed E-state index contributed by atoms with van der Waals surface area (Å²) >= 11 is 3.44. The summed E-state index contributed by atoms with van der Waals surface area (Å²) in [5, 5.41) is 2.79. The van der Waals surface area contributed by atoms with Gasteiger partial charge in [-0.05, 0) is 24.1 Å². The molecule has 0 bridgehead atoms. The normalized spacial score (nSPS) is 12.2. The van der Waals surface area contributed by atoms with E-state index in [9.17, 15) is 9.18 Å². The Balaban J connectivity index is 2.25. The van der Waals surface area contributed by atoms with Gasteiger partial charge < -0.3 is 10.1 Å². The van der Waals surface area contributed by atoms with E-state index >= 15 is 0 Å². The van der Waals surface area contributed by atoms with Gasteiger partial charge in [0.1, 0.15) is 5.82 Å². The fraction of sp³-hybridized carbons (Fsp3) is 0.462.